The topological polar surface area (TPSA) is 50.9 Å². The fraction of sp³-hybridized carbons (Fsp3) is 0.143. The summed E-state index contributed by atoms with van der Waals surface area (Å²) in [4.78, 5) is 27.5. The van der Waals surface area contributed by atoms with Gasteiger partial charge < -0.3 is 0 Å². The summed E-state index contributed by atoms with van der Waals surface area (Å²) in [6, 6.07) is 9.06. The maximum absolute atomic E-state index is 12.0. The summed E-state index contributed by atoms with van der Waals surface area (Å²) in [7, 11) is 0. The molecule has 0 bridgehead atoms. The molecule has 1 aromatic heterocycles. The Balaban J connectivity index is 2.16. The lowest BCUT2D eigenvalue weighted by molar-refractivity contribution is -0.683. The molecule has 0 N–H and O–H groups in total. The molecule has 0 radical (unpaired) electrons. The van der Waals surface area contributed by atoms with Crippen LogP contribution in [-0.4, -0.2) is 21.9 Å². The summed E-state index contributed by atoms with van der Waals surface area (Å²) < 4.78 is 1.66. The molecule has 19 heavy (non-hydrogen) atoms. The largest absolute Gasteiger partial charge is 0.291 e. The van der Waals surface area contributed by atoms with E-state index in [-0.39, 0.29) is 23.4 Å². The van der Waals surface area contributed by atoms with Crippen LogP contribution in [0.1, 0.15) is 20.8 Å². The quantitative estimate of drug-likeness (QED) is 0.480. The Morgan fingerprint density at radius 3 is 2.58 bits per heavy atom. The van der Waals surface area contributed by atoms with Gasteiger partial charge in [-0.25, -0.2) is 4.98 Å². The Bertz CT molecular complexity index is 599. The SMILES string of the molecule is O=C(C[n+]1ccnc(C(=O)CBr)c1)c1ccccc1. The number of rotatable bonds is 5. The van der Waals surface area contributed by atoms with Gasteiger partial charge in [-0.3, -0.25) is 9.59 Å². The lowest BCUT2D eigenvalue weighted by atomic mass is 10.1. The molecule has 2 aromatic rings. The second kappa shape index (κ2) is 6.33. The lowest BCUT2D eigenvalue weighted by Crippen LogP contribution is -2.38. The average Bonchev–Trinajstić information content (AvgIpc) is 2.47. The Morgan fingerprint density at radius 1 is 1.16 bits per heavy atom. The van der Waals surface area contributed by atoms with E-state index in [1.54, 1.807) is 29.1 Å². The first-order valence-corrected chi connectivity index (χ1v) is 6.85. The molecule has 1 heterocycles. The molecule has 0 atom stereocenters. The Labute approximate surface area is 119 Å². The van der Waals surface area contributed by atoms with E-state index in [0.29, 0.717) is 11.3 Å². The van der Waals surface area contributed by atoms with Crippen LogP contribution in [0.2, 0.25) is 0 Å². The number of carbonyl (C=O) groups is 2. The highest BCUT2D eigenvalue weighted by Crippen LogP contribution is 2.00. The number of nitrogens with zero attached hydrogens (tertiary/aromatic N) is 2. The number of hydrogen-bond acceptors (Lipinski definition) is 3. The van der Waals surface area contributed by atoms with E-state index in [0.717, 1.165) is 0 Å². The zero-order valence-corrected chi connectivity index (χ0v) is 11.7. The van der Waals surface area contributed by atoms with Gasteiger partial charge in [-0.1, -0.05) is 46.3 Å². The molecule has 0 saturated heterocycles. The third kappa shape index (κ3) is 3.54. The van der Waals surface area contributed by atoms with Gasteiger partial charge in [-0.05, 0) is 0 Å². The fourth-order valence-electron chi connectivity index (χ4n) is 1.62. The molecule has 0 aliphatic heterocycles. The molecule has 0 aliphatic carbocycles. The number of benzene rings is 1. The van der Waals surface area contributed by atoms with Gasteiger partial charge in [0.15, 0.2) is 23.9 Å². The first kappa shape index (κ1) is 13.5. The molecule has 2 rings (SSSR count). The molecule has 4 nitrogen and oxygen atoms in total. The lowest BCUT2D eigenvalue weighted by Gasteiger charge is -1.99. The summed E-state index contributed by atoms with van der Waals surface area (Å²) in [6.45, 7) is 0.190. The molecule has 5 heteroatoms. The minimum Gasteiger partial charge on any atom is -0.291 e. The van der Waals surface area contributed by atoms with E-state index in [4.69, 9.17) is 0 Å². The zero-order valence-electron chi connectivity index (χ0n) is 10.1. The number of hydrogen-bond donors (Lipinski definition) is 0. The summed E-state index contributed by atoms with van der Waals surface area (Å²) in [5, 5.41) is 0.219. The molecule has 1 aromatic carbocycles. The van der Waals surface area contributed by atoms with Crippen molar-refractivity contribution in [1.29, 1.82) is 0 Å². The second-order valence-electron chi connectivity index (χ2n) is 3.96. The molecule has 96 valence electrons. The van der Waals surface area contributed by atoms with E-state index in [2.05, 4.69) is 20.9 Å². The van der Waals surface area contributed by atoms with Gasteiger partial charge in [0.05, 0.1) is 11.5 Å². The van der Waals surface area contributed by atoms with Crippen molar-refractivity contribution in [3.8, 4) is 0 Å². The standard InChI is InChI=1S/C14H12BrN2O2/c15-8-13(18)12-9-17(7-6-16-12)10-14(19)11-4-2-1-3-5-11/h1-7,9H,8,10H2/q+1. The Hall–Kier alpha value is -1.88. The van der Waals surface area contributed by atoms with Gasteiger partial charge in [-0.15, -0.1) is 0 Å². The number of carbonyl (C=O) groups excluding carboxylic acids is 2. The second-order valence-corrected chi connectivity index (χ2v) is 4.52. The van der Waals surface area contributed by atoms with Gasteiger partial charge in [0, 0.05) is 5.56 Å². The average molecular weight is 320 g/mol. The third-order valence-electron chi connectivity index (χ3n) is 2.59. The molecule has 0 spiro atoms. The Morgan fingerprint density at radius 2 is 1.89 bits per heavy atom. The number of alkyl halides is 1. The van der Waals surface area contributed by atoms with Crippen LogP contribution in [0.15, 0.2) is 48.9 Å². The highest BCUT2D eigenvalue weighted by molar-refractivity contribution is 9.09. The van der Waals surface area contributed by atoms with Crippen LogP contribution in [-0.2, 0) is 6.54 Å². The summed E-state index contributed by atoms with van der Waals surface area (Å²) in [5.41, 5.74) is 1.00. The molecule has 0 fully saturated rings. The molecule has 0 saturated carbocycles. The summed E-state index contributed by atoms with van der Waals surface area (Å²) in [6.07, 6.45) is 4.78. The monoisotopic (exact) mass is 319 g/mol. The predicted octanol–water partition coefficient (Wildman–Crippen LogP) is 1.83. The normalized spacial score (nSPS) is 10.2. The summed E-state index contributed by atoms with van der Waals surface area (Å²) in [5.74, 6) is -0.115. The van der Waals surface area contributed by atoms with Gasteiger partial charge in [0.2, 0.25) is 12.3 Å². The maximum atomic E-state index is 12.0. The van der Waals surface area contributed by atoms with Crippen molar-refractivity contribution in [2.45, 2.75) is 6.54 Å². The van der Waals surface area contributed by atoms with Crippen LogP contribution in [0.25, 0.3) is 0 Å². The van der Waals surface area contributed by atoms with E-state index < -0.39 is 0 Å². The molecule has 0 unspecified atom stereocenters. The van der Waals surface area contributed by atoms with E-state index in [1.807, 2.05) is 18.2 Å². The van der Waals surface area contributed by atoms with Gasteiger partial charge in [0.25, 0.3) is 0 Å². The van der Waals surface area contributed by atoms with Crippen molar-refractivity contribution in [2.24, 2.45) is 0 Å². The minimum absolute atomic E-state index is 0.00552. The van der Waals surface area contributed by atoms with Crippen LogP contribution in [0.4, 0.5) is 0 Å². The van der Waals surface area contributed by atoms with Crippen LogP contribution in [0.5, 0.6) is 0 Å². The Kier molecular flexibility index (Phi) is 4.52. The van der Waals surface area contributed by atoms with E-state index >= 15 is 0 Å². The van der Waals surface area contributed by atoms with Crippen LogP contribution < -0.4 is 4.57 Å². The van der Waals surface area contributed by atoms with Gasteiger partial charge >= 0.3 is 0 Å². The van der Waals surface area contributed by atoms with Gasteiger partial charge in [-0.2, -0.15) is 4.57 Å². The van der Waals surface area contributed by atoms with Crippen molar-refractivity contribution >= 4 is 27.5 Å². The zero-order chi connectivity index (χ0) is 13.7. The van der Waals surface area contributed by atoms with Crippen molar-refractivity contribution in [1.82, 2.24) is 4.98 Å². The highest BCUT2D eigenvalue weighted by Gasteiger charge is 2.15. The molecule has 0 amide bonds. The van der Waals surface area contributed by atoms with Crippen LogP contribution in [0, 0.1) is 0 Å². The summed E-state index contributed by atoms with van der Waals surface area (Å²) >= 11 is 3.10. The van der Waals surface area contributed by atoms with Crippen molar-refractivity contribution in [3.05, 3.63) is 60.2 Å². The van der Waals surface area contributed by atoms with Crippen LogP contribution >= 0.6 is 15.9 Å². The van der Waals surface area contributed by atoms with Crippen molar-refractivity contribution in [3.63, 3.8) is 0 Å². The molecular weight excluding hydrogens is 308 g/mol. The maximum Gasteiger partial charge on any atom is 0.227 e. The number of ketones is 2. The smallest absolute Gasteiger partial charge is 0.227 e. The van der Waals surface area contributed by atoms with Crippen molar-refractivity contribution in [2.75, 3.05) is 5.33 Å². The predicted molar refractivity (Wildman–Crippen MR) is 73.3 cm³/mol. The van der Waals surface area contributed by atoms with E-state index in [9.17, 15) is 9.59 Å². The first-order chi connectivity index (χ1) is 9.20. The minimum atomic E-state index is -0.110. The number of aromatic nitrogens is 2. The van der Waals surface area contributed by atoms with Crippen molar-refractivity contribution < 1.29 is 14.2 Å². The molecular formula is C14H12BrN2O2+. The third-order valence-corrected chi connectivity index (χ3v) is 3.10. The highest BCUT2D eigenvalue weighted by atomic mass is 79.9. The fourth-order valence-corrected chi connectivity index (χ4v) is 1.91. The number of halogens is 1. The van der Waals surface area contributed by atoms with Gasteiger partial charge in [0.1, 0.15) is 0 Å². The van der Waals surface area contributed by atoms with E-state index in [1.165, 1.54) is 6.20 Å². The number of Topliss-reactive ketones (excluding diaryl/α,β-unsaturated/α-hetero) is 2. The molecule has 0 aliphatic rings. The van der Waals surface area contributed by atoms with Crippen LogP contribution in [0.3, 0.4) is 0 Å². The first-order valence-electron chi connectivity index (χ1n) is 5.73.